The first-order valence-electron chi connectivity index (χ1n) is 8.74. The van der Waals surface area contributed by atoms with Crippen molar-refractivity contribution in [3.8, 4) is 0 Å². The van der Waals surface area contributed by atoms with E-state index in [1.807, 2.05) is 0 Å². The fraction of sp³-hybridized carbons (Fsp3) is 0.667. The third kappa shape index (κ3) is 3.39. The van der Waals surface area contributed by atoms with E-state index in [0.29, 0.717) is 31.5 Å². The Morgan fingerprint density at radius 2 is 2.12 bits per heavy atom. The van der Waals surface area contributed by atoms with Gasteiger partial charge in [0.15, 0.2) is 0 Å². The molecule has 1 N–H and O–H groups in total. The highest BCUT2D eigenvalue weighted by Gasteiger charge is 2.43. The van der Waals surface area contributed by atoms with E-state index in [4.69, 9.17) is 4.74 Å². The van der Waals surface area contributed by atoms with Crippen LogP contribution in [0.15, 0.2) is 23.1 Å². The molecular formula is C18H26N2O4. The van der Waals surface area contributed by atoms with Crippen LogP contribution in [-0.2, 0) is 11.8 Å². The normalized spacial score (nSPS) is 26.5. The van der Waals surface area contributed by atoms with E-state index in [1.54, 1.807) is 24.2 Å². The maximum atomic E-state index is 12.6. The molecule has 0 aliphatic carbocycles. The topological polar surface area (TPSA) is 71.8 Å². The lowest BCUT2D eigenvalue weighted by atomic mass is 9.81. The van der Waals surface area contributed by atoms with Crippen LogP contribution in [0.2, 0.25) is 0 Å². The van der Waals surface area contributed by atoms with Gasteiger partial charge in [0.25, 0.3) is 11.5 Å². The summed E-state index contributed by atoms with van der Waals surface area (Å²) in [6.45, 7) is 3.26. The van der Waals surface area contributed by atoms with Crippen LogP contribution in [0.4, 0.5) is 0 Å². The van der Waals surface area contributed by atoms with Gasteiger partial charge in [-0.15, -0.1) is 0 Å². The number of likely N-dealkylation sites (tertiary alicyclic amines) is 1. The van der Waals surface area contributed by atoms with Gasteiger partial charge in [-0.05, 0) is 31.7 Å². The van der Waals surface area contributed by atoms with Gasteiger partial charge in [-0.2, -0.15) is 0 Å². The number of carbonyl (C=O) groups excluding carboxylic acids is 1. The van der Waals surface area contributed by atoms with Crippen molar-refractivity contribution in [2.75, 3.05) is 13.1 Å². The van der Waals surface area contributed by atoms with Crippen LogP contribution in [0.3, 0.4) is 0 Å². The van der Waals surface area contributed by atoms with Crippen LogP contribution in [0.1, 0.15) is 49.4 Å². The molecule has 0 saturated carbocycles. The Labute approximate surface area is 142 Å². The molecule has 1 spiro atoms. The highest BCUT2D eigenvalue weighted by molar-refractivity contribution is 5.94. The number of hydrogen-bond donors (Lipinski definition) is 1. The Morgan fingerprint density at radius 1 is 1.42 bits per heavy atom. The molecule has 1 amide bonds. The van der Waals surface area contributed by atoms with Crippen molar-refractivity contribution in [3.63, 3.8) is 0 Å². The number of aliphatic hydroxyl groups is 1. The van der Waals surface area contributed by atoms with Crippen molar-refractivity contribution < 1.29 is 14.6 Å². The minimum absolute atomic E-state index is 0.105. The fourth-order valence-corrected chi connectivity index (χ4v) is 3.82. The summed E-state index contributed by atoms with van der Waals surface area (Å²) >= 11 is 0. The number of rotatable bonds is 2. The number of pyridine rings is 1. The first kappa shape index (κ1) is 17.2. The molecule has 0 bridgehead atoms. The lowest BCUT2D eigenvalue weighted by Gasteiger charge is -2.47. The van der Waals surface area contributed by atoms with E-state index in [1.165, 1.54) is 10.6 Å². The number of aliphatic hydroxyl groups excluding tert-OH is 1. The number of aromatic nitrogens is 1. The second-order valence-corrected chi connectivity index (χ2v) is 7.08. The molecular weight excluding hydrogens is 308 g/mol. The first-order chi connectivity index (χ1) is 11.4. The van der Waals surface area contributed by atoms with Gasteiger partial charge in [0.1, 0.15) is 0 Å². The fourth-order valence-electron chi connectivity index (χ4n) is 3.82. The quantitative estimate of drug-likeness (QED) is 0.885. The van der Waals surface area contributed by atoms with Gasteiger partial charge >= 0.3 is 0 Å². The average Bonchev–Trinajstić information content (AvgIpc) is 2.56. The molecule has 6 heteroatoms. The number of carbonyl (C=O) groups is 1. The first-order valence-corrected chi connectivity index (χ1v) is 8.74. The highest BCUT2D eigenvalue weighted by Crippen LogP contribution is 2.38. The summed E-state index contributed by atoms with van der Waals surface area (Å²) < 4.78 is 7.70. The maximum absolute atomic E-state index is 12.6. The Hall–Kier alpha value is -1.66. The van der Waals surface area contributed by atoms with Crippen molar-refractivity contribution in [1.82, 2.24) is 9.47 Å². The smallest absolute Gasteiger partial charge is 0.254 e. The molecule has 3 heterocycles. The van der Waals surface area contributed by atoms with Crippen LogP contribution < -0.4 is 5.56 Å². The van der Waals surface area contributed by atoms with Crippen LogP contribution >= 0.6 is 0 Å². The molecule has 132 valence electrons. The molecule has 0 unspecified atom stereocenters. The molecule has 24 heavy (non-hydrogen) atoms. The summed E-state index contributed by atoms with van der Waals surface area (Å²) in [6, 6.07) is 3.07. The van der Waals surface area contributed by atoms with E-state index in [-0.39, 0.29) is 29.3 Å². The number of amides is 1. The lowest BCUT2D eigenvalue weighted by molar-refractivity contribution is -0.179. The molecule has 2 atom stereocenters. The predicted octanol–water partition coefficient (Wildman–Crippen LogP) is 1.31. The van der Waals surface area contributed by atoms with E-state index in [2.05, 4.69) is 6.92 Å². The molecule has 2 aliphatic heterocycles. The van der Waals surface area contributed by atoms with Crippen LogP contribution in [0.5, 0.6) is 0 Å². The molecule has 1 aromatic heterocycles. The summed E-state index contributed by atoms with van der Waals surface area (Å²) in [4.78, 5) is 26.1. The Morgan fingerprint density at radius 3 is 2.75 bits per heavy atom. The number of hydrogen-bond acceptors (Lipinski definition) is 4. The van der Waals surface area contributed by atoms with Gasteiger partial charge in [0, 0.05) is 44.4 Å². The van der Waals surface area contributed by atoms with E-state index in [9.17, 15) is 14.7 Å². The second-order valence-electron chi connectivity index (χ2n) is 7.08. The van der Waals surface area contributed by atoms with Crippen LogP contribution in [0.25, 0.3) is 0 Å². The zero-order valence-electron chi connectivity index (χ0n) is 14.4. The summed E-state index contributed by atoms with van der Waals surface area (Å²) in [5.74, 6) is -0.106. The van der Waals surface area contributed by atoms with Gasteiger partial charge in [-0.1, -0.05) is 6.92 Å². The van der Waals surface area contributed by atoms with Crippen molar-refractivity contribution in [2.24, 2.45) is 7.05 Å². The molecule has 0 radical (unpaired) electrons. The van der Waals surface area contributed by atoms with Gasteiger partial charge in [-0.25, -0.2) is 0 Å². The average molecular weight is 334 g/mol. The SMILES string of the molecule is CC[C@H]1C[C@@H](O)CC2(CCN(C(=O)c3ccn(C)c(=O)c3)CC2)O1. The highest BCUT2D eigenvalue weighted by atomic mass is 16.5. The minimum Gasteiger partial charge on any atom is -0.393 e. The van der Waals surface area contributed by atoms with Crippen molar-refractivity contribution in [3.05, 3.63) is 34.2 Å². The predicted molar refractivity (Wildman–Crippen MR) is 90.0 cm³/mol. The molecule has 1 aromatic rings. The van der Waals surface area contributed by atoms with E-state index >= 15 is 0 Å². The monoisotopic (exact) mass is 334 g/mol. The van der Waals surface area contributed by atoms with E-state index < -0.39 is 0 Å². The largest absolute Gasteiger partial charge is 0.393 e. The number of nitrogens with zero attached hydrogens (tertiary/aromatic N) is 2. The molecule has 2 aliphatic rings. The standard InChI is InChI=1S/C18H26N2O4/c1-3-15-11-14(21)12-18(24-15)5-8-20(9-6-18)17(23)13-4-7-19(2)16(22)10-13/h4,7,10,14-15,21H,3,5-6,8-9,11-12H2,1-2H3/t14-,15+/m1/s1. The van der Waals surface area contributed by atoms with Crippen LogP contribution in [0, 0.1) is 0 Å². The number of piperidine rings is 1. The second kappa shape index (κ2) is 6.69. The lowest BCUT2D eigenvalue weighted by Crippen LogP contribution is -2.53. The third-order valence-corrected chi connectivity index (χ3v) is 5.33. The van der Waals surface area contributed by atoms with Crippen molar-refractivity contribution in [2.45, 2.75) is 56.8 Å². The Kier molecular flexibility index (Phi) is 4.78. The molecule has 2 saturated heterocycles. The molecule has 3 rings (SSSR count). The van der Waals surface area contributed by atoms with Crippen molar-refractivity contribution in [1.29, 1.82) is 0 Å². The molecule has 2 fully saturated rings. The van der Waals surface area contributed by atoms with Gasteiger partial charge in [0.2, 0.25) is 0 Å². The number of aryl methyl sites for hydroxylation is 1. The number of ether oxygens (including phenoxy) is 1. The minimum atomic E-state index is -0.317. The Balaban J connectivity index is 1.67. The van der Waals surface area contributed by atoms with Crippen LogP contribution in [-0.4, -0.2) is 51.4 Å². The Bertz CT molecular complexity index is 661. The zero-order valence-corrected chi connectivity index (χ0v) is 14.4. The summed E-state index contributed by atoms with van der Waals surface area (Å²) in [6.07, 6.45) is 5.12. The molecule has 0 aromatic carbocycles. The molecule has 6 nitrogen and oxygen atoms in total. The maximum Gasteiger partial charge on any atom is 0.254 e. The summed E-state index contributed by atoms with van der Waals surface area (Å²) in [5, 5.41) is 10.1. The zero-order chi connectivity index (χ0) is 17.3. The van der Waals surface area contributed by atoms with E-state index in [0.717, 1.165) is 19.3 Å². The van der Waals surface area contributed by atoms with Gasteiger partial charge in [-0.3, -0.25) is 9.59 Å². The summed E-state index contributed by atoms with van der Waals surface area (Å²) in [5.41, 5.74) is -0.0500. The third-order valence-electron chi connectivity index (χ3n) is 5.33. The van der Waals surface area contributed by atoms with Gasteiger partial charge in [0.05, 0.1) is 17.8 Å². The van der Waals surface area contributed by atoms with Crippen molar-refractivity contribution >= 4 is 5.91 Å². The summed E-state index contributed by atoms with van der Waals surface area (Å²) in [7, 11) is 1.66. The van der Waals surface area contributed by atoms with Gasteiger partial charge < -0.3 is 19.3 Å².